The number of imidazole rings is 4. The molecule has 3 aliphatic rings. The minimum atomic E-state index is -1.05. The maximum absolute atomic E-state index is 14.2. The van der Waals surface area contributed by atoms with Gasteiger partial charge in [-0.15, -0.1) is 0 Å². The zero-order valence-electron chi connectivity index (χ0n) is 66.2. The van der Waals surface area contributed by atoms with E-state index in [0.717, 1.165) is 11.1 Å². The van der Waals surface area contributed by atoms with Gasteiger partial charge in [-0.3, -0.25) is 29.4 Å². The number of methoxy groups -OCH3 is 1. The fraction of sp³-hybridized carbons (Fsp3) is 0.212. The number of nitrogens with two attached hydrogens (primary N) is 2. The Morgan fingerprint density at radius 3 is 1.29 bits per heavy atom. The molecule has 0 aliphatic carbocycles. The fourth-order valence-corrected chi connectivity index (χ4v) is 14.9. The third-order valence-corrected chi connectivity index (χ3v) is 21.4. The molecule has 11 aromatic heterocycles. The van der Waals surface area contributed by atoms with E-state index in [0.29, 0.717) is 129 Å². The number of nitriles is 1. The van der Waals surface area contributed by atoms with E-state index >= 15 is 0 Å². The first-order valence-electron chi connectivity index (χ1n) is 37.4. The highest BCUT2D eigenvalue weighted by Crippen LogP contribution is 2.43. The summed E-state index contributed by atoms with van der Waals surface area (Å²) in [7, 11) is 1.24. The number of carbonyl (C=O) groups is 4. The van der Waals surface area contributed by atoms with Gasteiger partial charge in [0.25, 0.3) is 0 Å². The lowest BCUT2D eigenvalue weighted by molar-refractivity contribution is -0.150. The monoisotopic (exact) mass is 1740 g/mol. The van der Waals surface area contributed by atoms with Crippen LogP contribution in [0.3, 0.4) is 0 Å². The van der Waals surface area contributed by atoms with Crippen LogP contribution in [-0.2, 0) is 65.8 Å². The summed E-state index contributed by atoms with van der Waals surface area (Å²) in [6, 6.07) is 41.5. The van der Waals surface area contributed by atoms with Crippen molar-refractivity contribution in [3.05, 3.63) is 283 Å². The minimum Gasteiger partial charge on any atom is -0.468 e. The van der Waals surface area contributed by atoms with Gasteiger partial charge in [-0.2, -0.15) is 25.7 Å². The topological polar surface area (TPSA) is 416 Å². The number of ether oxygens (including phenoxy) is 1. The number of hydrogen-bond donors (Lipinski definition) is 6. The Hall–Kier alpha value is -14.8. The number of nitrogens with one attached hydrogen (secondary N) is 4. The first-order chi connectivity index (χ1) is 57.8. The van der Waals surface area contributed by atoms with Crippen molar-refractivity contribution in [3.8, 4) is 40.6 Å². The summed E-state index contributed by atoms with van der Waals surface area (Å²) in [5, 5.41) is 41.8. The molecule has 15 aromatic rings. The largest absolute Gasteiger partial charge is 0.468 e. The van der Waals surface area contributed by atoms with Crippen molar-refractivity contribution in [2.45, 2.75) is 103 Å². The predicted octanol–water partition coefficient (Wildman–Crippen LogP) is 12.4. The number of halogens is 5. The molecule has 608 valence electrons. The maximum Gasteiger partial charge on any atom is 0.322 e. The molecule has 3 amide bonds. The molecule has 1 atom stereocenters. The fourth-order valence-electron chi connectivity index (χ4n) is 13.8. The van der Waals surface area contributed by atoms with E-state index in [1.165, 1.54) is 45.2 Å². The second-order valence-electron chi connectivity index (χ2n) is 30.1. The highest BCUT2D eigenvalue weighted by atomic mass is 127. The Kier molecular flexibility index (Phi) is 22.8. The Labute approximate surface area is 700 Å². The van der Waals surface area contributed by atoms with Gasteiger partial charge in [-0.1, -0.05) is 72.8 Å². The van der Waals surface area contributed by atoms with Crippen molar-refractivity contribution in [2.75, 3.05) is 28.8 Å². The normalized spacial score (nSPS) is 13.9. The molecule has 1 unspecified atom stereocenters. The molecule has 31 nitrogen and oxygen atoms in total. The van der Waals surface area contributed by atoms with Crippen LogP contribution in [0.2, 0.25) is 0 Å². The average molecular weight is 1740 g/mol. The van der Waals surface area contributed by atoms with E-state index < -0.39 is 33.7 Å². The highest BCUT2D eigenvalue weighted by molar-refractivity contribution is 14.1. The standard InChI is InChI=1S/C21H16FIN6O.C21H18FN7O.C21H17FN6O.C14H12FN5.C8H10N2O2/c2*1-21(2)15-17(23)26-19(27-18(15)28-20(21)30)16-13-8-5-9-24-29(13)14(25-16)10-11-6-3-4-7-12(11)22;1-21(2)13-11-23-19(26-18(13)27-20(21)29)17-15-8-5-9-24-28(15)16(25-17)10-12-6-3-4-7-14(12)22;15-10-5-2-1-4-9(10)8-12-19-13(14(16)17)11-6-3-7-18-20(11)12;1-8(2,7(11)12-4)6(5-9)10-3/h3-9H,10H2,1-2H3,(H,26,27,28,30);3-9H,10H2,1-2H3,(H3,23,26,27,28,30);3-9,11H,10H2,1-2H3,(H,23,26,27,29);1-7H,8H2,(H3,16,17);6H,1-2,4H3. The molecule has 14 heterocycles. The molecule has 0 spiro atoms. The van der Waals surface area contributed by atoms with E-state index in [1.54, 1.807) is 172 Å². The number of nitrogens with zero attached hydrogens (tertiary/aromatic N) is 20. The third-order valence-electron chi connectivity index (χ3n) is 20.6. The number of rotatable bonds is 14. The molecule has 8 N–H and O–H groups in total. The van der Waals surface area contributed by atoms with Crippen molar-refractivity contribution in [3.63, 3.8) is 0 Å². The molecule has 0 fully saturated rings. The number of carbonyl (C=O) groups excluding carboxylic acids is 4. The van der Waals surface area contributed by atoms with Crippen LogP contribution < -0.4 is 27.4 Å². The van der Waals surface area contributed by atoms with Gasteiger partial charge in [0.15, 0.2) is 29.0 Å². The quantitative estimate of drug-likeness (QED) is 0.0112. The van der Waals surface area contributed by atoms with Crippen LogP contribution in [0, 0.1) is 55.7 Å². The number of esters is 1. The molecular weight excluding hydrogens is 1670 g/mol. The Balaban J connectivity index is 0.000000127. The zero-order valence-corrected chi connectivity index (χ0v) is 68.3. The molecule has 0 radical (unpaired) electrons. The van der Waals surface area contributed by atoms with Crippen molar-refractivity contribution in [1.82, 2.24) is 88.3 Å². The Morgan fingerprint density at radius 2 is 0.884 bits per heavy atom. The van der Waals surface area contributed by atoms with Crippen molar-refractivity contribution < 1.29 is 41.5 Å². The molecule has 4 aromatic carbocycles. The van der Waals surface area contributed by atoms with Crippen molar-refractivity contribution in [2.24, 2.45) is 11.1 Å². The molecule has 0 saturated heterocycles. The van der Waals surface area contributed by atoms with Gasteiger partial charge in [0, 0.05) is 67.8 Å². The summed E-state index contributed by atoms with van der Waals surface area (Å²) in [6.07, 6.45) is 9.29. The van der Waals surface area contributed by atoms with E-state index in [-0.39, 0.29) is 84.2 Å². The van der Waals surface area contributed by atoms with Gasteiger partial charge >= 0.3 is 12.0 Å². The number of aromatic nitrogens is 18. The Bertz CT molecular complexity index is 6550. The number of amidine groups is 1. The average Bonchev–Trinajstić information content (AvgIpc) is 1.57. The summed E-state index contributed by atoms with van der Waals surface area (Å²) in [4.78, 5) is 96.5. The Morgan fingerprint density at radius 1 is 0.529 bits per heavy atom. The summed E-state index contributed by atoms with van der Waals surface area (Å²) in [6.45, 7) is 20.6. The second-order valence-corrected chi connectivity index (χ2v) is 31.1. The lowest BCUT2D eigenvalue weighted by atomic mass is 9.86. The van der Waals surface area contributed by atoms with Gasteiger partial charge in [-0.05, 0) is 173 Å². The van der Waals surface area contributed by atoms with Crippen LogP contribution in [0.25, 0.3) is 61.5 Å². The van der Waals surface area contributed by atoms with Gasteiger partial charge in [0.05, 0.1) is 51.0 Å². The number of nitrogen functional groups attached to an aromatic ring is 2. The third kappa shape index (κ3) is 16.0. The van der Waals surface area contributed by atoms with Crippen LogP contribution in [0.1, 0.15) is 123 Å². The van der Waals surface area contributed by atoms with Crippen molar-refractivity contribution >= 4 is 97.5 Å². The predicted molar refractivity (Wildman–Crippen MR) is 447 cm³/mol. The van der Waals surface area contributed by atoms with Gasteiger partial charge in [-0.25, -0.2) is 92.0 Å². The first-order valence-corrected chi connectivity index (χ1v) is 38.4. The number of hydrogen-bond acceptors (Lipinski definition) is 22. The van der Waals surface area contributed by atoms with Crippen LogP contribution in [0.5, 0.6) is 0 Å². The van der Waals surface area contributed by atoms with Crippen molar-refractivity contribution in [1.29, 1.82) is 10.7 Å². The number of benzene rings is 4. The van der Waals surface area contributed by atoms with Gasteiger partial charge < -0.3 is 32.2 Å². The number of anilines is 4. The first kappa shape index (κ1) is 82.7. The van der Waals surface area contributed by atoms with Gasteiger partial charge in [0.1, 0.15) is 102 Å². The number of fused-ring (bicyclic) bond motifs is 7. The highest BCUT2D eigenvalue weighted by Gasteiger charge is 2.46. The SMILES string of the molecule is CC1(C)C(=O)Nc2nc(-c3nc(Cc4ccccc4F)n4ncccc34)nc(I)c21.CC1(C)C(=O)Nc2nc(-c3nc(Cc4ccccc4F)n4ncccc34)nc(N)c21.CC1(C)C(=O)Nc2nc(-c3nc(Cc4ccccc4F)n4ncccc34)ncc21.N=C(N)c1nc(Cc2ccccc2F)n2ncccc12.[C-]#[N+]C(C#N)C(C)(C)C(=O)OC. The van der Waals surface area contributed by atoms with E-state index in [2.05, 4.69) is 113 Å². The minimum absolute atomic E-state index is 0.113. The zero-order chi connectivity index (χ0) is 86.1. The lowest BCUT2D eigenvalue weighted by Gasteiger charge is -2.17. The summed E-state index contributed by atoms with van der Waals surface area (Å²) >= 11 is 2.12. The van der Waals surface area contributed by atoms with E-state index in [4.69, 9.17) is 33.7 Å². The molecule has 121 heavy (non-hydrogen) atoms. The molecule has 18 rings (SSSR count). The number of amides is 3. The molecule has 36 heteroatoms. The smallest absolute Gasteiger partial charge is 0.322 e. The van der Waals surface area contributed by atoms with Crippen LogP contribution in [0.4, 0.5) is 40.8 Å². The lowest BCUT2D eigenvalue weighted by Crippen LogP contribution is -2.35. The van der Waals surface area contributed by atoms with E-state index in [1.807, 2.05) is 45.9 Å². The molecular formula is C85H73F4IN26O5. The molecule has 0 bridgehead atoms. The van der Waals surface area contributed by atoms with Crippen LogP contribution in [-0.4, -0.2) is 131 Å². The summed E-state index contributed by atoms with van der Waals surface area (Å²) in [5.74, 6) is 2.62. The molecule has 0 saturated carbocycles. The van der Waals surface area contributed by atoms with Gasteiger partial charge in [0.2, 0.25) is 17.7 Å². The second kappa shape index (κ2) is 33.3. The maximum atomic E-state index is 14.2. The molecule has 3 aliphatic heterocycles. The van der Waals surface area contributed by atoms with Crippen LogP contribution in [0.15, 0.2) is 177 Å². The summed E-state index contributed by atoms with van der Waals surface area (Å²) < 4.78 is 68.0. The van der Waals surface area contributed by atoms with E-state index in [9.17, 15) is 36.7 Å². The van der Waals surface area contributed by atoms with Crippen LogP contribution >= 0.6 is 22.6 Å². The summed E-state index contributed by atoms with van der Waals surface area (Å²) in [5.41, 5.74) is 17.3.